The van der Waals surface area contributed by atoms with Crippen molar-refractivity contribution in [3.63, 3.8) is 0 Å². The number of esters is 1. The number of aliphatic hydroxyl groups excluding tert-OH is 1. The van der Waals surface area contributed by atoms with E-state index in [-0.39, 0.29) is 26.2 Å². The van der Waals surface area contributed by atoms with Crippen molar-refractivity contribution in [1.29, 1.82) is 0 Å². The van der Waals surface area contributed by atoms with Gasteiger partial charge in [-0.1, -0.05) is 37.3 Å². The topological polar surface area (TPSA) is 151 Å². The van der Waals surface area contributed by atoms with Crippen LogP contribution < -0.4 is 10.6 Å². The van der Waals surface area contributed by atoms with Crippen molar-refractivity contribution in [3.05, 3.63) is 35.9 Å². The van der Waals surface area contributed by atoms with Crippen LogP contribution in [0.2, 0.25) is 0 Å². The molecule has 4 N–H and O–H groups in total. The number of carbonyl (C=O) groups excluding carboxylic acids is 3. The number of carboxylic acids is 1. The molecule has 0 aliphatic carbocycles. The molecular formula is C20H28N2O8. The molecule has 0 aliphatic rings. The lowest BCUT2D eigenvalue weighted by Gasteiger charge is -2.19. The van der Waals surface area contributed by atoms with Crippen molar-refractivity contribution < 1.29 is 38.9 Å². The number of carbonyl (C=O) groups is 4. The van der Waals surface area contributed by atoms with E-state index in [1.807, 2.05) is 6.07 Å². The number of aliphatic carboxylic acids is 1. The van der Waals surface area contributed by atoms with Gasteiger partial charge in [-0.2, -0.15) is 0 Å². The van der Waals surface area contributed by atoms with Gasteiger partial charge in [0.25, 0.3) is 0 Å². The molecule has 30 heavy (non-hydrogen) atoms. The molecule has 3 atom stereocenters. The highest BCUT2D eigenvalue weighted by Crippen LogP contribution is 2.09. The van der Waals surface area contributed by atoms with E-state index in [4.69, 9.17) is 9.47 Å². The van der Waals surface area contributed by atoms with Gasteiger partial charge < -0.3 is 30.3 Å². The van der Waals surface area contributed by atoms with Crippen molar-refractivity contribution in [1.82, 2.24) is 10.6 Å². The van der Waals surface area contributed by atoms with Crippen molar-refractivity contribution in [2.75, 3.05) is 13.2 Å². The summed E-state index contributed by atoms with van der Waals surface area (Å²) in [7, 11) is 0. The summed E-state index contributed by atoms with van der Waals surface area (Å²) in [6.45, 7) is 3.11. The van der Waals surface area contributed by atoms with E-state index >= 15 is 0 Å². The van der Waals surface area contributed by atoms with E-state index in [0.717, 1.165) is 5.56 Å². The predicted molar refractivity (Wildman–Crippen MR) is 105 cm³/mol. The van der Waals surface area contributed by atoms with Gasteiger partial charge in [-0.15, -0.1) is 0 Å². The number of amides is 2. The zero-order chi connectivity index (χ0) is 22.5. The summed E-state index contributed by atoms with van der Waals surface area (Å²) in [5.41, 5.74) is 0.796. The minimum Gasteiger partial charge on any atom is -0.480 e. The molecule has 10 heteroatoms. The van der Waals surface area contributed by atoms with Crippen LogP contribution in [0.3, 0.4) is 0 Å². The molecule has 1 rings (SSSR count). The summed E-state index contributed by atoms with van der Waals surface area (Å²) < 4.78 is 9.80. The van der Waals surface area contributed by atoms with Crippen LogP contribution in [0.25, 0.3) is 0 Å². The maximum atomic E-state index is 12.0. The number of rotatable bonds is 12. The van der Waals surface area contributed by atoms with Crippen molar-refractivity contribution >= 4 is 23.9 Å². The number of nitrogens with one attached hydrogen (secondary N) is 2. The molecular weight excluding hydrogens is 396 g/mol. The molecule has 0 bridgehead atoms. The Bertz CT molecular complexity index is 710. The SMILES string of the molecule is CCOC(=O)[C@H](C)C[C@H](NC(=O)C[C@H](O)CNC(=O)OCc1ccccc1)C(=O)O. The van der Waals surface area contributed by atoms with Gasteiger partial charge in [0.1, 0.15) is 12.6 Å². The molecule has 0 fully saturated rings. The second-order valence-electron chi connectivity index (χ2n) is 6.65. The molecule has 0 heterocycles. The fourth-order valence-electron chi connectivity index (χ4n) is 2.47. The smallest absolute Gasteiger partial charge is 0.407 e. The largest absolute Gasteiger partial charge is 0.480 e. The predicted octanol–water partition coefficient (Wildman–Crippen LogP) is 0.823. The van der Waals surface area contributed by atoms with E-state index in [1.54, 1.807) is 31.2 Å². The highest BCUT2D eigenvalue weighted by Gasteiger charge is 2.27. The van der Waals surface area contributed by atoms with Gasteiger partial charge >= 0.3 is 18.0 Å². The molecule has 1 aromatic carbocycles. The summed E-state index contributed by atoms with van der Waals surface area (Å²) in [4.78, 5) is 46.6. The van der Waals surface area contributed by atoms with Gasteiger partial charge in [-0.05, 0) is 18.9 Å². The minimum absolute atomic E-state index is 0.0577. The van der Waals surface area contributed by atoms with Crippen molar-refractivity contribution in [2.45, 2.75) is 45.4 Å². The average molecular weight is 424 g/mol. The van der Waals surface area contributed by atoms with E-state index < -0.39 is 48.4 Å². The maximum absolute atomic E-state index is 12.0. The second kappa shape index (κ2) is 13.2. The Morgan fingerprint density at radius 1 is 1.10 bits per heavy atom. The van der Waals surface area contributed by atoms with Gasteiger partial charge in [0.05, 0.1) is 25.0 Å². The van der Waals surface area contributed by atoms with E-state index in [0.29, 0.717) is 0 Å². The second-order valence-corrected chi connectivity index (χ2v) is 6.65. The average Bonchev–Trinajstić information content (AvgIpc) is 2.70. The number of aliphatic hydroxyl groups is 1. The fraction of sp³-hybridized carbons (Fsp3) is 0.500. The summed E-state index contributed by atoms with van der Waals surface area (Å²) >= 11 is 0. The van der Waals surface area contributed by atoms with Crippen LogP contribution in [0, 0.1) is 5.92 Å². The third-order valence-corrected chi connectivity index (χ3v) is 4.03. The third kappa shape index (κ3) is 9.87. The minimum atomic E-state index is -1.31. The summed E-state index contributed by atoms with van der Waals surface area (Å²) in [6.07, 6.45) is -2.59. The highest BCUT2D eigenvalue weighted by atomic mass is 16.5. The molecule has 0 saturated carbocycles. The first-order valence-corrected chi connectivity index (χ1v) is 9.54. The Morgan fingerprint density at radius 3 is 2.37 bits per heavy atom. The van der Waals surface area contributed by atoms with Gasteiger partial charge in [-0.3, -0.25) is 9.59 Å². The summed E-state index contributed by atoms with van der Waals surface area (Å²) in [5.74, 6) is -3.32. The summed E-state index contributed by atoms with van der Waals surface area (Å²) in [5, 5.41) is 23.7. The van der Waals surface area contributed by atoms with Gasteiger partial charge in [-0.25, -0.2) is 9.59 Å². The molecule has 0 unspecified atom stereocenters. The molecule has 0 saturated heterocycles. The quantitative estimate of drug-likeness (QED) is 0.360. The molecule has 0 spiro atoms. The summed E-state index contributed by atoms with van der Waals surface area (Å²) in [6, 6.07) is 7.70. The molecule has 2 amide bonds. The normalized spacial score (nSPS) is 13.4. The number of hydrogen-bond donors (Lipinski definition) is 4. The first-order valence-electron chi connectivity index (χ1n) is 9.54. The Labute approximate surface area is 174 Å². The van der Waals surface area contributed by atoms with Gasteiger partial charge in [0, 0.05) is 6.54 Å². The van der Waals surface area contributed by atoms with Crippen LogP contribution >= 0.6 is 0 Å². The molecule has 10 nitrogen and oxygen atoms in total. The van der Waals surface area contributed by atoms with E-state index in [2.05, 4.69) is 10.6 Å². The zero-order valence-electron chi connectivity index (χ0n) is 17.0. The number of alkyl carbamates (subject to hydrolysis) is 1. The molecule has 166 valence electrons. The monoisotopic (exact) mass is 424 g/mol. The van der Waals surface area contributed by atoms with Crippen molar-refractivity contribution in [3.8, 4) is 0 Å². The molecule has 0 aromatic heterocycles. The standard InChI is InChI=1S/C20H28N2O8/c1-3-29-19(27)13(2)9-16(18(25)26)22-17(24)10-15(23)11-21-20(28)30-12-14-7-5-4-6-8-14/h4-8,13,15-16,23H,3,9-12H2,1-2H3,(H,21,28)(H,22,24)(H,25,26)/t13-,15+,16+/m1/s1. The molecule has 0 aliphatic heterocycles. The maximum Gasteiger partial charge on any atom is 0.407 e. The first kappa shape index (κ1) is 24.9. The van der Waals surface area contributed by atoms with Crippen LogP contribution in [0.1, 0.15) is 32.3 Å². The van der Waals surface area contributed by atoms with Crippen LogP contribution in [0.4, 0.5) is 4.79 Å². The Balaban J connectivity index is 2.37. The van der Waals surface area contributed by atoms with Crippen LogP contribution in [-0.2, 0) is 30.5 Å². The van der Waals surface area contributed by atoms with Crippen LogP contribution in [0.5, 0.6) is 0 Å². The first-order chi connectivity index (χ1) is 14.2. The highest BCUT2D eigenvalue weighted by molar-refractivity contribution is 5.84. The Morgan fingerprint density at radius 2 is 1.77 bits per heavy atom. The lowest BCUT2D eigenvalue weighted by molar-refractivity contribution is -0.149. The van der Waals surface area contributed by atoms with Gasteiger partial charge in [0.15, 0.2) is 0 Å². The molecule has 1 aromatic rings. The Kier molecular flexibility index (Phi) is 10.9. The zero-order valence-corrected chi connectivity index (χ0v) is 17.0. The van der Waals surface area contributed by atoms with Crippen LogP contribution in [0.15, 0.2) is 30.3 Å². The number of hydrogen-bond acceptors (Lipinski definition) is 7. The lowest BCUT2D eigenvalue weighted by atomic mass is 10.0. The number of ether oxygens (including phenoxy) is 2. The lowest BCUT2D eigenvalue weighted by Crippen LogP contribution is -2.44. The molecule has 0 radical (unpaired) electrons. The van der Waals surface area contributed by atoms with Crippen LogP contribution in [-0.4, -0.2) is 59.4 Å². The Hall–Kier alpha value is -3.14. The van der Waals surface area contributed by atoms with E-state index in [9.17, 15) is 29.4 Å². The fourth-order valence-corrected chi connectivity index (χ4v) is 2.47. The third-order valence-electron chi connectivity index (χ3n) is 4.03. The number of carboxylic acid groups (broad SMARTS) is 1. The van der Waals surface area contributed by atoms with Gasteiger partial charge in [0.2, 0.25) is 5.91 Å². The van der Waals surface area contributed by atoms with Crippen molar-refractivity contribution in [2.24, 2.45) is 5.92 Å². The number of benzene rings is 1. The van der Waals surface area contributed by atoms with E-state index in [1.165, 1.54) is 6.92 Å².